The summed E-state index contributed by atoms with van der Waals surface area (Å²) in [5.41, 5.74) is 2.06. The fourth-order valence-corrected chi connectivity index (χ4v) is 2.01. The number of amides is 1. The minimum absolute atomic E-state index is 0.0307. The largest absolute Gasteiger partial charge is 0.305 e. The molecule has 1 aliphatic heterocycles. The van der Waals surface area contributed by atoms with E-state index in [1.807, 2.05) is 38.1 Å². The maximum atomic E-state index is 11.9. The van der Waals surface area contributed by atoms with Gasteiger partial charge in [-0.15, -0.1) is 0 Å². The van der Waals surface area contributed by atoms with Gasteiger partial charge in [-0.2, -0.15) is 0 Å². The first-order valence-corrected chi connectivity index (χ1v) is 6.00. The highest BCUT2D eigenvalue weighted by Crippen LogP contribution is 2.27. The second kappa shape index (κ2) is 4.70. The maximum Gasteiger partial charge on any atom is 0.227 e. The molecule has 0 aliphatic carbocycles. The number of para-hydroxylation sites is 1. The zero-order chi connectivity index (χ0) is 12.4. The maximum absolute atomic E-state index is 11.9. The number of nitrogens with zero attached hydrogens (tertiary/aromatic N) is 1. The van der Waals surface area contributed by atoms with Crippen molar-refractivity contribution in [2.24, 2.45) is 5.92 Å². The Hall–Kier alpha value is -1.64. The molecule has 0 radical (unpaired) electrons. The van der Waals surface area contributed by atoms with Crippen LogP contribution >= 0.6 is 0 Å². The minimum atomic E-state index is -0.0307. The molecule has 3 heteroatoms. The lowest BCUT2D eigenvalue weighted by molar-refractivity contribution is -0.124. The van der Waals surface area contributed by atoms with Gasteiger partial charge in [0.2, 0.25) is 5.91 Å². The van der Waals surface area contributed by atoms with E-state index in [1.165, 1.54) is 0 Å². The smallest absolute Gasteiger partial charge is 0.227 e. The summed E-state index contributed by atoms with van der Waals surface area (Å²) in [4.78, 5) is 25.3. The van der Waals surface area contributed by atoms with Gasteiger partial charge in [-0.3, -0.25) is 9.59 Å². The topological polar surface area (TPSA) is 37.4 Å². The monoisotopic (exact) mass is 231 g/mol. The number of rotatable bonds is 3. The van der Waals surface area contributed by atoms with E-state index < -0.39 is 0 Å². The standard InChI is InChI=1S/C14H17NO2/c1-10(2)13(16)9-15-12-6-4-3-5-11(12)7-8-14(15)17/h3-6,10H,7-9H2,1-2H3. The third-order valence-electron chi connectivity index (χ3n) is 3.15. The lowest BCUT2D eigenvalue weighted by Gasteiger charge is -2.29. The first-order chi connectivity index (χ1) is 8.09. The van der Waals surface area contributed by atoms with Crippen molar-refractivity contribution in [3.8, 4) is 0 Å². The molecule has 0 spiro atoms. The summed E-state index contributed by atoms with van der Waals surface area (Å²) in [6.07, 6.45) is 1.28. The molecule has 1 amide bonds. The number of carbonyl (C=O) groups is 2. The van der Waals surface area contributed by atoms with Crippen LogP contribution < -0.4 is 4.90 Å². The fraction of sp³-hybridized carbons (Fsp3) is 0.429. The number of hydrogen-bond donors (Lipinski definition) is 0. The van der Waals surface area contributed by atoms with Crippen molar-refractivity contribution in [1.29, 1.82) is 0 Å². The SMILES string of the molecule is CC(C)C(=O)CN1C(=O)CCc2ccccc21. The van der Waals surface area contributed by atoms with Gasteiger partial charge in [-0.05, 0) is 18.1 Å². The van der Waals surface area contributed by atoms with Crippen LogP contribution in [0.4, 0.5) is 5.69 Å². The summed E-state index contributed by atoms with van der Waals surface area (Å²) in [5, 5.41) is 0. The van der Waals surface area contributed by atoms with Crippen LogP contribution in [0.15, 0.2) is 24.3 Å². The van der Waals surface area contributed by atoms with E-state index in [2.05, 4.69) is 0 Å². The van der Waals surface area contributed by atoms with E-state index >= 15 is 0 Å². The Labute approximate surface area is 101 Å². The summed E-state index contributed by atoms with van der Waals surface area (Å²) in [6.45, 7) is 3.93. The van der Waals surface area contributed by atoms with Gasteiger partial charge in [0.1, 0.15) is 0 Å². The Morgan fingerprint density at radius 1 is 1.29 bits per heavy atom. The van der Waals surface area contributed by atoms with Gasteiger partial charge >= 0.3 is 0 Å². The number of Topliss-reactive ketones (excluding diaryl/α,β-unsaturated/α-hetero) is 1. The number of benzene rings is 1. The lowest BCUT2D eigenvalue weighted by Crippen LogP contribution is -2.40. The molecule has 0 bridgehead atoms. The Morgan fingerprint density at radius 2 is 2.00 bits per heavy atom. The molecule has 0 N–H and O–H groups in total. The minimum Gasteiger partial charge on any atom is -0.305 e. The predicted octanol–water partition coefficient (Wildman–Crippen LogP) is 2.19. The molecular weight excluding hydrogens is 214 g/mol. The number of aryl methyl sites for hydroxylation is 1. The molecule has 0 unspecified atom stereocenters. The molecule has 17 heavy (non-hydrogen) atoms. The van der Waals surface area contributed by atoms with Gasteiger partial charge in [-0.25, -0.2) is 0 Å². The predicted molar refractivity (Wildman–Crippen MR) is 67.0 cm³/mol. The van der Waals surface area contributed by atoms with Crippen LogP contribution in [0.5, 0.6) is 0 Å². The summed E-state index contributed by atoms with van der Waals surface area (Å²) in [6, 6.07) is 7.82. The van der Waals surface area contributed by atoms with E-state index in [1.54, 1.807) is 4.90 Å². The third-order valence-corrected chi connectivity index (χ3v) is 3.15. The van der Waals surface area contributed by atoms with Crippen LogP contribution in [0.2, 0.25) is 0 Å². The van der Waals surface area contributed by atoms with Crippen LogP contribution in [0.3, 0.4) is 0 Å². The zero-order valence-electron chi connectivity index (χ0n) is 10.3. The fourth-order valence-electron chi connectivity index (χ4n) is 2.01. The van der Waals surface area contributed by atoms with Crippen LogP contribution in [-0.4, -0.2) is 18.2 Å². The Morgan fingerprint density at radius 3 is 2.71 bits per heavy atom. The zero-order valence-corrected chi connectivity index (χ0v) is 10.3. The lowest BCUT2D eigenvalue weighted by atomic mass is 10.00. The van der Waals surface area contributed by atoms with Gasteiger partial charge in [0.25, 0.3) is 0 Å². The number of fused-ring (bicyclic) bond motifs is 1. The van der Waals surface area contributed by atoms with Crippen molar-refractivity contribution in [3.05, 3.63) is 29.8 Å². The number of hydrogen-bond acceptors (Lipinski definition) is 2. The number of anilines is 1. The van der Waals surface area contributed by atoms with Crippen molar-refractivity contribution in [1.82, 2.24) is 0 Å². The van der Waals surface area contributed by atoms with Crippen molar-refractivity contribution in [2.45, 2.75) is 26.7 Å². The molecule has 1 aliphatic rings. The molecule has 0 fully saturated rings. The first kappa shape index (κ1) is 11.8. The van der Waals surface area contributed by atoms with Crippen molar-refractivity contribution in [2.75, 3.05) is 11.4 Å². The van der Waals surface area contributed by atoms with E-state index in [4.69, 9.17) is 0 Å². The number of ketones is 1. The molecule has 0 saturated carbocycles. The molecule has 1 aromatic rings. The van der Waals surface area contributed by atoms with Gasteiger partial charge in [0.15, 0.2) is 5.78 Å². The molecular formula is C14H17NO2. The van der Waals surface area contributed by atoms with E-state index in [9.17, 15) is 9.59 Å². The van der Waals surface area contributed by atoms with Gasteiger partial charge < -0.3 is 4.90 Å². The Kier molecular flexibility index (Phi) is 3.27. The summed E-state index contributed by atoms with van der Waals surface area (Å²) in [7, 11) is 0. The van der Waals surface area contributed by atoms with Gasteiger partial charge in [0.05, 0.1) is 6.54 Å². The van der Waals surface area contributed by atoms with Crippen LogP contribution in [-0.2, 0) is 16.0 Å². The van der Waals surface area contributed by atoms with Crippen LogP contribution in [0.1, 0.15) is 25.8 Å². The molecule has 90 valence electrons. The summed E-state index contributed by atoms with van der Waals surface area (Å²) >= 11 is 0. The van der Waals surface area contributed by atoms with Crippen LogP contribution in [0, 0.1) is 5.92 Å². The molecule has 1 heterocycles. The van der Waals surface area contributed by atoms with Gasteiger partial charge in [-0.1, -0.05) is 32.0 Å². The highest BCUT2D eigenvalue weighted by Gasteiger charge is 2.26. The molecule has 0 saturated heterocycles. The first-order valence-electron chi connectivity index (χ1n) is 6.00. The molecule has 0 aromatic heterocycles. The summed E-state index contributed by atoms with van der Waals surface area (Å²) < 4.78 is 0. The quantitative estimate of drug-likeness (QED) is 0.799. The Bertz CT molecular complexity index is 451. The molecule has 2 rings (SSSR count). The average Bonchev–Trinajstić information content (AvgIpc) is 2.32. The second-order valence-corrected chi connectivity index (χ2v) is 4.73. The van der Waals surface area contributed by atoms with Crippen LogP contribution in [0.25, 0.3) is 0 Å². The molecule has 1 aromatic carbocycles. The van der Waals surface area contributed by atoms with Gasteiger partial charge in [0, 0.05) is 18.0 Å². The second-order valence-electron chi connectivity index (χ2n) is 4.73. The summed E-state index contributed by atoms with van der Waals surface area (Å²) in [5.74, 6) is 0.129. The van der Waals surface area contributed by atoms with E-state index in [0.717, 1.165) is 17.7 Å². The van der Waals surface area contributed by atoms with E-state index in [-0.39, 0.29) is 24.2 Å². The van der Waals surface area contributed by atoms with Crippen molar-refractivity contribution >= 4 is 17.4 Å². The normalized spacial score (nSPS) is 15.0. The molecule has 0 atom stereocenters. The highest BCUT2D eigenvalue weighted by atomic mass is 16.2. The molecule has 3 nitrogen and oxygen atoms in total. The third kappa shape index (κ3) is 2.38. The average molecular weight is 231 g/mol. The van der Waals surface area contributed by atoms with Crippen molar-refractivity contribution < 1.29 is 9.59 Å². The highest BCUT2D eigenvalue weighted by molar-refractivity contribution is 6.01. The van der Waals surface area contributed by atoms with E-state index in [0.29, 0.717) is 6.42 Å². The Balaban J connectivity index is 2.27. The van der Waals surface area contributed by atoms with Crippen molar-refractivity contribution in [3.63, 3.8) is 0 Å². The number of carbonyl (C=O) groups excluding carboxylic acids is 2.